The Morgan fingerprint density at radius 2 is 0.716 bits per heavy atom. The van der Waals surface area contributed by atoms with Crippen LogP contribution in [0.2, 0.25) is 0 Å². The fraction of sp³-hybridized carbons (Fsp3) is 0.314. The number of hydrogen-bond donors (Lipinski definition) is 8. The number of methoxy groups -OCH3 is 3. The minimum absolute atomic E-state index is 0.00522. The number of nitrogen functional groups attached to an aromatic ring is 4. The first-order valence-corrected chi connectivity index (χ1v) is 31.3. The largest absolute Gasteiger partial charge is 0.495 e. The predicted molar refractivity (Wildman–Crippen MR) is 261 cm³/mol. The zero-order valence-electron chi connectivity index (χ0n) is 38.4. The molecule has 0 spiro atoms. The van der Waals surface area contributed by atoms with Gasteiger partial charge >= 0.3 is 41.6 Å². The number of rotatable bonds is 23. The number of benzene rings is 4. The van der Waals surface area contributed by atoms with Crippen molar-refractivity contribution in [3.63, 3.8) is 0 Å². The van der Waals surface area contributed by atoms with Crippen molar-refractivity contribution in [1.29, 1.82) is 0 Å². The standard InChI is InChI=1S/C10H15NO8S2.C9H13NO7S2.2C8H11NO6S2/c1-17-8-6-10(9(18-2)5-7(8)11)20(12,13)4-3-19-21(14,15)16;1-16-9-3-2-7(6-8(9)10)18(11,12)5-4-17-19(13,14)15;9-7-1-3-8(4-2-7)16(10,11)6-5-15-17(12,13)14;9-7-2-1-3-8(6-7)16(10,11)5-4-15-17(12,13)14/h5-6H,3-4,11H2,1-2H3,(H,14,15,16);2-3,6H,4-5,10H2,1H3,(H,13,14,15);1-4H,5-6,9H2,(H,12,13,14);1-3,6H,4-5,9H2,(H,12,13,14). The highest BCUT2D eigenvalue weighted by molar-refractivity contribution is 7.92. The van der Waals surface area contributed by atoms with Gasteiger partial charge in [-0.3, -0.25) is 18.2 Å². The minimum Gasteiger partial charge on any atom is -0.495 e. The van der Waals surface area contributed by atoms with E-state index in [0.29, 0.717) is 11.4 Å². The van der Waals surface area contributed by atoms with Gasteiger partial charge < -0.3 is 37.1 Å². The van der Waals surface area contributed by atoms with Gasteiger partial charge in [0, 0.05) is 23.5 Å². The molecule has 74 heavy (non-hydrogen) atoms. The van der Waals surface area contributed by atoms with Crippen molar-refractivity contribution < 1.29 is 116 Å². The third-order valence-corrected chi connectivity index (χ3v) is 16.8. The van der Waals surface area contributed by atoms with Crippen LogP contribution < -0.4 is 37.1 Å². The second kappa shape index (κ2) is 28.1. The Hall–Kier alpha value is -5.24. The molecular weight excluding hydrogens is 1160 g/mol. The van der Waals surface area contributed by atoms with Crippen LogP contribution in [-0.4, -0.2) is 156 Å². The topological polar surface area (TPSA) is 523 Å². The maximum Gasteiger partial charge on any atom is 0.397 e. The van der Waals surface area contributed by atoms with Crippen LogP contribution in [0.3, 0.4) is 0 Å². The Bertz CT molecular complexity index is 3450. The van der Waals surface area contributed by atoms with Gasteiger partial charge in [0.05, 0.1) is 96.8 Å². The molecule has 0 fully saturated rings. The fourth-order valence-corrected chi connectivity index (χ4v) is 11.1. The molecule has 0 aliphatic heterocycles. The highest BCUT2D eigenvalue weighted by Crippen LogP contribution is 2.34. The summed E-state index contributed by atoms with van der Waals surface area (Å²) in [6, 6.07) is 17.3. The number of sulfone groups is 4. The summed E-state index contributed by atoms with van der Waals surface area (Å²) in [6.07, 6.45) is 0. The monoisotopic (exact) mass is 1210 g/mol. The molecule has 0 aliphatic carbocycles. The summed E-state index contributed by atoms with van der Waals surface area (Å²) < 4.78 is 241. The average molecular weight is 1220 g/mol. The second-order valence-electron chi connectivity index (χ2n) is 13.6. The summed E-state index contributed by atoms with van der Waals surface area (Å²) in [5, 5.41) is 0. The van der Waals surface area contributed by atoms with Crippen LogP contribution in [0.1, 0.15) is 0 Å². The Kier molecular flexibility index (Phi) is 25.3. The SMILES string of the molecule is COc1cc(S(=O)(=O)CCOS(=O)(=O)O)c(OC)cc1N.COc1ccc(S(=O)(=O)CCOS(=O)(=O)O)cc1N.Nc1ccc(S(=O)(=O)CCOS(=O)(=O)O)cc1.Nc1cccc(S(=O)(=O)CCOS(=O)(=O)O)c1. The number of nitrogens with two attached hydrogens (primary N) is 4. The van der Waals surface area contributed by atoms with E-state index in [1.165, 1.54) is 94.1 Å². The van der Waals surface area contributed by atoms with E-state index in [2.05, 4.69) is 16.7 Å². The maximum atomic E-state index is 12.1. The highest BCUT2D eigenvalue weighted by Gasteiger charge is 2.24. The van der Waals surface area contributed by atoms with Crippen LogP contribution in [0.5, 0.6) is 17.2 Å². The van der Waals surface area contributed by atoms with E-state index >= 15 is 0 Å². The molecule has 12 N–H and O–H groups in total. The molecule has 0 radical (unpaired) electrons. The molecule has 0 aliphatic rings. The van der Waals surface area contributed by atoms with Crippen LogP contribution in [-0.2, 0) is 97.7 Å². The van der Waals surface area contributed by atoms with Crippen molar-refractivity contribution in [3.8, 4) is 17.2 Å². The summed E-state index contributed by atoms with van der Waals surface area (Å²) >= 11 is 0. The van der Waals surface area contributed by atoms with Crippen LogP contribution in [0, 0.1) is 0 Å². The number of hydrogen-bond acceptors (Lipinski definition) is 27. The molecule has 420 valence electrons. The molecule has 4 aromatic carbocycles. The van der Waals surface area contributed by atoms with E-state index in [1.54, 1.807) is 0 Å². The third-order valence-electron chi connectivity index (χ3n) is 8.21. The first kappa shape index (κ1) is 66.8. The van der Waals surface area contributed by atoms with Gasteiger partial charge in [-0.15, -0.1) is 0 Å². The third kappa shape index (κ3) is 25.8. The van der Waals surface area contributed by atoms with E-state index in [9.17, 15) is 67.3 Å². The first-order valence-electron chi connectivity index (χ1n) is 19.2. The Labute approximate surface area is 427 Å². The lowest BCUT2D eigenvalue weighted by molar-refractivity contribution is 0.282. The van der Waals surface area contributed by atoms with Gasteiger partial charge in [-0.05, 0) is 60.7 Å². The fourth-order valence-electron chi connectivity index (χ4n) is 4.89. The summed E-state index contributed by atoms with van der Waals surface area (Å²) in [4.78, 5) is -0.346. The van der Waals surface area contributed by atoms with Gasteiger partial charge in [0.2, 0.25) is 0 Å². The van der Waals surface area contributed by atoms with Crippen LogP contribution in [0.15, 0.2) is 98.4 Å². The van der Waals surface area contributed by atoms with E-state index in [1.807, 2.05) is 0 Å². The van der Waals surface area contributed by atoms with Gasteiger partial charge in [0.1, 0.15) is 22.1 Å². The molecular formula is C35H50N4O27S8. The Morgan fingerprint density at radius 1 is 0.365 bits per heavy atom. The molecule has 0 aromatic heterocycles. The first-order chi connectivity index (χ1) is 33.7. The second-order valence-corrected chi connectivity index (χ2v) is 26.3. The molecule has 0 amide bonds. The van der Waals surface area contributed by atoms with Crippen molar-refractivity contribution in [1.82, 2.24) is 0 Å². The van der Waals surface area contributed by atoms with Gasteiger partial charge in [-0.1, -0.05) is 6.07 Å². The summed E-state index contributed by atoms with van der Waals surface area (Å²) in [5.74, 6) is -1.99. The Morgan fingerprint density at radius 3 is 1.08 bits per heavy atom. The number of anilines is 4. The van der Waals surface area contributed by atoms with E-state index in [4.69, 9.17) is 55.4 Å². The molecule has 31 nitrogen and oxygen atoms in total. The molecule has 0 saturated heterocycles. The van der Waals surface area contributed by atoms with Crippen molar-refractivity contribution in [2.45, 2.75) is 19.6 Å². The molecule has 0 heterocycles. The van der Waals surface area contributed by atoms with Crippen molar-refractivity contribution in [2.75, 3.05) is 93.7 Å². The Balaban J connectivity index is 0.000000495. The molecule has 0 atom stereocenters. The van der Waals surface area contributed by atoms with Crippen molar-refractivity contribution in [2.24, 2.45) is 0 Å². The van der Waals surface area contributed by atoms with E-state index < -0.39 is 130 Å². The molecule has 4 rings (SSSR count). The maximum absolute atomic E-state index is 12.1. The molecule has 39 heteroatoms. The smallest absolute Gasteiger partial charge is 0.397 e. The zero-order valence-corrected chi connectivity index (χ0v) is 44.9. The van der Waals surface area contributed by atoms with Crippen molar-refractivity contribution >= 4 is 104 Å². The molecule has 0 unspecified atom stereocenters. The van der Waals surface area contributed by atoms with E-state index in [0.717, 1.165) is 6.07 Å². The summed E-state index contributed by atoms with van der Waals surface area (Å²) in [6.45, 7) is -2.73. The molecule has 0 saturated carbocycles. The lowest BCUT2D eigenvalue weighted by Gasteiger charge is -2.13. The van der Waals surface area contributed by atoms with E-state index in [-0.39, 0.29) is 48.1 Å². The normalized spacial score (nSPS) is 12.4. The highest BCUT2D eigenvalue weighted by atomic mass is 32.3. The lowest BCUT2D eigenvalue weighted by atomic mass is 10.3. The van der Waals surface area contributed by atoms with Gasteiger partial charge in [-0.2, -0.15) is 33.7 Å². The molecule has 0 bridgehead atoms. The summed E-state index contributed by atoms with van der Waals surface area (Å²) in [5.41, 5.74) is 23.0. The lowest BCUT2D eigenvalue weighted by Crippen LogP contribution is -2.16. The zero-order chi connectivity index (χ0) is 57.1. The van der Waals surface area contributed by atoms with Gasteiger partial charge in [0.15, 0.2) is 39.3 Å². The van der Waals surface area contributed by atoms with Crippen molar-refractivity contribution in [3.05, 3.63) is 78.9 Å². The minimum atomic E-state index is -4.70. The number of ether oxygens (including phenoxy) is 3. The quantitative estimate of drug-likeness (QED) is 0.0342. The van der Waals surface area contributed by atoms with Crippen LogP contribution in [0.4, 0.5) is 22.7 Å². The van der Waals surface area contributed by atoms with Crippen LogP contribution in [0.25, 0.3) is 0 Å². The average Bonchev–Trinajstić information content (AvgIpc) is 3.25. The van der Waals surface area contributed by atoms with Gasteiger partial charge in [-0.25, -0.2) is 50.4 Å². The van der Waals surface area contributed by atoms with Crippen LogP contribution >= 0.6 is 0 Å². The summed E-state index contributed by atoms with van der Waals surface area (Å²) in [7, 11) is -29.7. The van der Waals surface area contributed by atoms with Gasteiger partial charge in [0.25, 0.3) is 0 Å². The molecule has 4 aromatic rings. The predicted octanol–water partition coefficient (Wildman–Crippen LogP) is -0.527.